The second kappa shape index (κ2) is 5.84. The Hall–Kier alpha value is -0.910. The van der Waals surface area contributed by atoms with Crippen LogP contribution in [0.3, 0.4) is 0 Å². The van der Waals surface area contributed by atoms with Crippen molar-refractivity contribution < 1.29 is 8.42 Å². The Morgan fingerprint density at radius 2 is 1.85 bits per heavy atom. The fraction of sp³-hybridized carbons (Fsp3) is 0.600. The van der Waals surface area contributed by atoms with Crippen molar-refractivity contribution in [1.29, 1.82) is 0 Å². The summed E-state index contributed by atoms with van der Waals surface area (Å²) in [6.07, 6.45) is 4.52. The molecule has 5 heteroatoms. The van der Waals surface area contributed by atoms with Crippen molar-refractivity contribution in [1.82, 2.24) is 9.62 Å². The summed E-state index contributed by atoms with van der Waals surface area (Å²) in [4.78, 5) is 0. The Morgan fingerprint density at radius 1 is 1.15 bits per heavy atom. The molecule has 1 saturated heterocycles. The summed E-state index contributed by atoms with van der Waals surface area (Å²) in [5.74, 6) is 0.129. The predicted molar refractivity (Wildman–Crippen MR) is 79.7 cm³/mol. The number of rotatable bonds is 6. The molecule has 0 bridgehead atoms. The van der Waals surface area contributed by atoms with E-state index in [-0.39, 0.29) is 5.75 Å². The average Bonchev–Trinajstić information content (AvgIpc) is 3.06. The quantitative estimate of drug-likeness (QED) is 0.871. The van der Waals surface area contributed by atoms with Gasteiger partial charge in [0.25, 0.3) is 0 Å². The van der Waals surface area contributed by atoms with Crippen LogP contribution in [-0.2, 0) is 22.3 Å². The molecule has 1 saturated carbocycles. The van der Waals surface area contributed by atoms with Crippen molar-refractivity contribution in [3.05, 3.63) is 35.4 Å². The zero-order valence-corrected chi connectivity index (χ0v) is 12.5. The molecule has 1 aliphatic carbocycles. The Labute approximate surface area is 121 Å². The van der Waals surface area contributed by atoms with Crippen molar-refractivity contribution >= 4 is 10.0 Å². The summed E-state index contributed by atoms with van der Waals surface area (Å²) in [5.41, 5.74) is 2.07. The van der Waals surface area contributed by atoms with Gasteiger partial charge in [-0.05, 0) is 36.8 Å². The normalized spacial score (nSPS) is 20.4. The van der Waals surface area contributed by atoms with E-state index < -0.39 is 10.0 Å². The molecular formula is C15H22N2O2S. The van der Waals surface area contributed by atoms with Crippen LogP contribution in [0, 0.1) is 0 Å². The molecule has 2 fully saturated rings. The van der Waals surface area contributed by atoms with E-state index in [1.165, 1.54) is 18.4 Å². The third-order valence-electron chi connectivity index (χ3n) is 3.97. The van der Waals surface area contributed by atoms with E-state index in [1.807, 2.05) is 18.2 Å². The van der Waals surface area contributed by atoms with Crippen molar-refractivity contribution in [2.75, 3.05) is 13.1 Å². The number of nitrogens with zero attached hydrogens (tertiary/aromatic N) is 1. The summed E-state index contributed by atoms with van der Waals surface area (Å²) in [6.45, 7) is 2.21. The Bertz CT molecular complexity index is 561. The maximum Gasteiger partial charge on any atom is 0.218 e. The highest BCUT2D eigenvalue weighted by Gasteiger charge is 2.25. The minimum atomic E-state index is -3.14. The molecule has 1 aromatic carbocycles. The lowest BCUT2D eigenvalue weighted by molar-refractivity contribution is 0.476. The van der Waals surface area contributed by atoms with Crippen LogP contribution in [0.5, 0.6) is 0 Å². The number of sulfonamides is 1. The van der Waals surface area contributed by atoms with E-state index in [0.29, 0.717) is 19.1 Å². The first-order chi connectivity index (χ1) is 9.63. The van der Waals surface area contributed by atoms with E-state index in [4.69, 9.17) is 0 Å². The first-order valence-corrected chi connectivity index (χ1v) is 9.03. The molecule has 0 amide bonds. The molecule has 0 aromatic heterocycles. The predicted octanol–water partition coefficient (Wildman–Crippen LogP) is 1.86. The molecule has 3 rings (SSSR count). The number of hydrogen-bond acceptors (Lipinski definition) is 3. The molecule has 2 aliphatic rings. The lowest BCUT2D eigenvalue weighted by atomic mass is 10.1. The molecule has 1 N–H and O–H groups in total. The maximum atomic E-state index is 12.3. The smallest absolute Gasteiger partial charge is 0.218 e. The van der Waals surface area contributed by atoms with Gasteiger partial charge in [0.05, 0.1) is 5.75 Å². The number of nitrogens with one attached hydrogen (secondary N) is 1. The van der Waals surface area contributed by atoms with Gasteiger partial charge in [-0.15, -0.1) is 0 Å². The van der Waals surface area contributed by atoms with Gasteiger partial charge in [0.1, 0.15) is 0 Å². The molecule has 4 nitrogen and oxygen atoms in total. The molecule has 20 heavy (non-hydrogen) atoms. The van der Waals surface area contributed by atoms with Crippen LogP contribution < -0.4 is 5.32 Å². The van der Waals surface area contributed by atoms with Gasteiger partial charge in [0, 0.05) is 25.7 Å². The maximum absolute atomic E-state index is 12.3. The van der Waals surface area contributed by atoms with E-state index in [2.05, 4.69) is 11.4 Å². The zero-order valence-electron chi connectivity index (χ0n) is 11.7. The van der Waals surface area contributed by atoms with Gasteiger partial charge >= 0.3 is 0 Å². The largest absolute Gasteiger partial charge is 0.310 e. The lowest BCUT2D eigenvalue weighted by Gasteiger charge is -2.15. The number of benzene rings is 1. The SMILES string of the molecule is O=S(=O)(Cc1cccc(CNC2CC2)c1)N1CCCC1. The van der Waals surface area contributed by atoms with Gasteiger partial charge in [-0.2, -0.15) is 0 Å². The summed E-state index contributed by atoms with van der Waals surface area (Å²) >= 11 is 0. The summed E-state index contributed by atoms with van der Waals surface area (Å²) in [7, 11) is -3.14. The third-order valence-corrected chi connectivity index (χ3v) is 5.82. The molecule has 0 radical (unpaired) electrons. The molecule has 1 heterocycles. The van der Waals surface area contributed by atoms with Crippen LogP contribution in [0.15, 0.2) is 24.3 Å². The van der Waals surface area contributed by atoms with Gasteiger partial charge in [-0.3, -0.25) is 0 Å². The summed E-state index contributed by atoms with van der Waals surface area (Å²) in [6, 6.07) is 8.61. The standard InChI is InChI=1S/C15H22N2O2S/c18-20(19,17-8-1-2-9-17)12-14-5-3-4-13(10-14)11-16-15-6-7-15/h3-5,10,15-16H,1-2,6-9,11-12H2. The van der Waals surface area contributed by atoms with Crippen LogP contribution in [0.25, 0.3) is 0 Å². The molecule has 1 aromatic rings. The Kier molecular flexibility index (Phi) is 4.10. The van der Waals surface area contributed by atoms with Crippen molar-refractivity contribution in [3.8, 4) is 0 Å². The van der Waals surface area contributed by atoms with Gasteiger partial charge < -0.3 is 5.32 Å². The van der Waals surface area contributed by atoms with Crippen LogP contribution in [0.1, 0.15) is 36.8 Å². The highest BCUT2D eigenvalue weighted by atomic mass is 32.2. The fourth-order valence-corrected chi connectivity index (χ4v) is 4.25. The van der Waals surface area contributed by atoms with Crippen LogP contribution in [0.4, 0.5) is 0 Å². The van der Waals surface area contributed by atoms with Gasteiger partial charge in [0.15, 0.2) is 0 Å². The highest BCUT2D eigenvalue weighted by molar-refractivity contribution is 7.88. The zero-order chi connectivity index (χ0) is 14.0. The topological polar surface area (TPSA) is 49.4 Å². The molecule has 1 aliphatic heterocycles. The fourth-order valence-electron chi connectivity index (χ4n) is 2.65. The summed E-state index contributed by atoms with van der Waals surface area (Å²) < 4.78 is 26.2. The molecule has 0 spiro atoms. The van der Waals surface area contributed by atoms with Crippen LogP contribution >= 0.6 is 0 Å². The van der Waals surface area contributed by atoms with E-state index in [1.54, 1.807) is 4.31 Å². The van der Waals surface area contributed by atoms with E-state index in [0.717, 1.165) is 24.9 Å². The van der Waals surface area contributed by atoms with Crippen LogP contribution in [-0.4, -0.2) is 31.9 Å². The van der Waals surface area contributed by atoms with Crippen molar-refractivity contribution in [2.24, 2.45) is 0 Å². The van der Waals surface area contributed by atoms with Crippen LogP contribution in [0.2, 0.25) is 0 Å². The van der Waals surface area contributed by atoms with Gasteiger partial charge in [-0.1, -0.05) is 24.3 Å². The first-order valence-electron chi connectivity index (χ1n) is 7.42. The lowest BCUT2D eigenvalue weighted by Crippen LogP contribution is -2.29. The summed E-state index contributed by atoms with van der Waals surface area (Å²) in [5, 5.41) is 3.46. The molecule has 0 atom stereocenters. The second-order valence-corrected chi connectivity index (χ2v) is 7.81. The molecule has 110 valence electrons. The second-order valence-electron chi connectivity index (χ2n) is 5.84. The monoisotopic (exact) mass is 294 g/mol. The third kappa shape index (κ3) is 3.59. The Morgan fingerprint density at radius 3 is 2.55 bits per heavy atom. The van der Waals surface area contributed by atoms with E-state index in [9.17, 15) is 8.42 Å². The van der Waals surface area contributed by atoms with Crippen molar-refractivity contribution in [2.45, 2.75) is 44.0 Å². The minimum Gasteiger partial charge on any atom is -0.310 e. The molecule has 0 unspecified atom stereocenters. The highest BCUT2D eigenvalue weighted by Crippen LogP contribution is 2.20. The first kappa shape index (κ1) is 14.0. The van der Waals surface area contributed by atoms with Gasteiger partial charge in [0.2, 0.25) is 10.0 Å². The van der Waals surface area contributed by atoms with Crippen molar-refractivity contribution in [3.63, 3.8) is 0 Å². The molecular weight excluding hydrogens is 272 g/mol. The Balaban J connectivity index is 1.65. The average molecular weight is 294 g/mol. The number of hydrogen-bond donors (Lipinski definition) is 1. The van der Waals surface area contributed by atoms with E-state index >= 15 is 0 Å². The van der Waals surface area contributed by atoms with Gasteiger partial charge in [-0.25, -0.2) is 12.7 Å². The minimum absolute atomic E-state index is 0.129.